The molecule has 3 rings (SSSR count). The number of para-hydroxylation sites is 1. The molecule has 30 heavy (non-hydrogen) atoms. The molecule has 1 aliphatic rings. The highest BCUT2D eigenvalue weighted by atomic mass is 79.9. The first kappa shape index (κ1) is 21.6. The lowest BCUT2D eigenvalue weighted by Gasteiger charge is -2.13. The van der Waals surface area contributed by atoms with E-state index in [4.69, 9.17) is 10.5 Å². The summed E-state index contributed by atoms with van der Waals surface area (Å²) in [5.41, 5.74) is 6.23. The van der Waals surface area contributed by atoms with Crippen molar-refractivity contribution in [3.63, 3.8) is 0 Å². The molecule has 8 nitrogen and oxygen atoms in total. The van der Waals surface area contributed by atoms with Gasteiger partial charge < -0.3 is 15.8 Å². The standard InChI is InChI=1S/C20H16BrN3O5S/c21-14-3-1-2-4-15(14)23-18(26)10-24-19(27)16(30-20(24)28)9-12-5-7-13(8-6-12)29-11-17(22)25/h1-9H,10-11H2,(H2,22,25)(H,23,26)/b16-9-. The lowest BCUT2D eigenvalue weighted by molar-refractivity contribution is -0.127. The Morgan fingerprint density at radius 3 is 2.50 bits per heavy atom. The van der Waals surface area contributed by atoms with Gasteiger partial charge in [-0.2, -0.15) is 0 Å². The van der Waals surface area contributed by atoms with E-state index in [2.05, 4.69) is 21.2 Å². The van der Waals surface area contributed by atoms with E-state index in [1.807, 2.05) is 0 Å². The van der Waals surface area contributed by atoms with Crippen LogP contribution < -0.4 is 15.8 Å². The summed E-state index contributed by atoms with van der Waals surface area (Å²) < 4.78 is 5.86. The minimum absolute atomic E-state index is 0.208. The smallest absolute Gasteiger partial charge is 0.294 e. The van der Waals surface area contributed by atoms with Crippen LogP contribution in [-0.2, 0) is 14.4 Å². The summed E-state index contributed by atoms with van der Waals surface area (Å²) in [5, 5.41) is 2.14. The third-order valence-electron chi connectivity index (χ3n) is 3.88. The number of benzene rings is 2. The van der Waals surface area contributed by atoms with Crippen LogP contribution in [0.5, 0.6) is 5.75 Å². The number of halogens is 1. The highest BCUT2D eigenvalue weighted by molar-refractivity contribution is 9.10. The number of anilines is 1. The largest absolute Gasteiger partial charge is 0.484 e. The maximum absolute atomic E-state index is 12.6. The predicted octanol–water partition coefficient (Wildman–Crippen LogP) is 2.99. The number of amides is 4. The number of carbonyl (C=O) groups excluding carboxylic acids is 4. The van der Waals surface area contributed by atoms with Crippen LogP contribution in [0.25, 0.3) is 6.08 Å². The SMILES string of the molecule is NC(=O)COc1ccc(/C=C2\SC(=O)N(CC(=O)Nc3ccccc3Br)C2=O)cc1. The van der Waals surface area contributed by atoms with Gasteiger partial charge in [0.1, 0.15) is 12.3 Å². The first-order valence-corrected chi connectivity index (χ1v) is 10.3. The number of nitrogens with one attached hydrogen (secondary N) is 1. The Morgan fingerprint density at radius 1 is 1.13 bits per heavy atom. The highest BCUT2D eigenvalue weighted by Gasteiger charge is 2.36. The molecule has 0 unspecified atom stereocenters. The number of imide groups is 1. The summed E-state index contributed by atoms with van der Waals surface area (Å²) in [6.07, 6.45) is 1.55. The second kappa shape index (κ2) is 9.59. The van der Waals surface area contributed by atoms with Crippen molar-refractivity contribution in [1.29, 1.82) is 0 Å². The van der Waals surface area contributed by atoms with E-state index in [-0.39, 0.29) is 18.1 Å². The third kappa shape index (κ3) is 5.49. The predicted molar refractivity (Wildman–Crippen MR) is 117 cm³/mol. The minimum atomic E-state index is -0.587. The van der Waals surface area contributed by atoms with Crippen molar-refractivity contribution in [2.45, 2.75) is 0 Å². The number of hydrogen-bond donors (Lipinski definition) is 2. The van der Waals surface area contributed by atoms with E-state index < -0.39 is 23.0 Å². The van der Waals surface area contributed by atoms with Gasteiger partial charge in [0.2, 0.25) is 5.91 Å². The number of rotatable bonds is 7. The van der Waals surface area contributed by atoms with Gasteiger partial charge in [-0.3, -0.25) is 24.1 Å². The van der Waals surface area contributed by atoms with Gasteiger partial charge in [0.15, 0.2) is 6.61 Å². The van der Waals surface area contributed by atoms with Crippen LogP contribution in [0.4, 0.5) is 10.5 Å². The summed E-state index contributed by atoms with van der Waals surface area (Å²) in [5.74, 6) is -1.16. The Bertz CT molecular complexity index is 1040. The lowest BCUT2D eigenvalue weighted by Crippen LogP contribution is -2.36. The number of ether oxygens (including phenoxy) is 1. The fraction of sp³-hybridized carbons (Fsp3) is 0.100. The summed E-state index contributed by atoms with van der Waals surface area (Å²) >= 11 is 4.09. The van der Waals surface area contributed by atoms with Gasteiger partial charge in [-0.25, -0.2) is 0 Å². The molecule has 0 spiro atoms. The van der Waals surface area contributed by atoms with Gasteiger partial charge >= 0.3 is 0 Å². The number of carbonyl (C=O) groups is 4. The second-order valence-electron chi connectivity index (χ2n) is 6.12. The topological polar surface area (TPSA) is 119 Å². The van der Waals surface area contributed by atoms with Gasteiger partial charge in [0.25, 0.3) is 17.1 Å². The molecule has 0 atom stereocenters. The van der Waals surface area contributed by atoms with Crippen molar-refractivity contribution in [1.82, 2.24) is 4.90 Å². The van der Waals surface area contributed by atoms with Crippen LogP contribution in [0.2, 0.25) is 0 Å². The average Bonchev–Trinajstić information content (AvgIpc) is 2.96. The van der Waals surface area contributed by atoms with Crippen LogP contribution in [-0.4, -0.2) is 41.0 Å². The lowest BCUT2D eigenvalue weighted by atomic mass is 10.2. The quantitative estimate of drug-likeness (QED) is 0.577. The monoisotopic (exact) mass is 489 g/mol. The zero-order valence-electron chi connectivity index (χ0n) is 15.5. The normalized spacial score (nSPS) is 14.8. The maximum Gasteiger partial charge on any atom is 0.294 e. The van der Waals surface area contributed by atoms with E-state index in [1.165, 1.54) is 0 Å². The number of hydrogen-bond acceptors (Lipinski definition) is 6. The highest BCUT2D eigenvalue weighted by Crippen LogP contribution is 2.32. The molecule has 1 heterocycles. The van der Waals surface area contributed by atoms with Gasteiger partial charge in [-0.15, -0.1) is 0 Å². The van der Waals surface area contributed by atoms with Crippen LogP contribution in [0.15, 0.2) is 57.9 Å². The van der Waals surface area contributed by atoms with Crippen molar-refractivity contribution < 1.29 is 23.9 Å². The molecule has 154 valence electrons. The maximum atomic E-state index is 12.6. The first-order valence-electron chi connectivity index (χ1n) is 8.64. The molecule has 0 aliphatic carbocycles. The Labute approximate surface area is 184 Å². The van der Waals surface area contributed by atoms with Gasteiger partial charge in [-0.1, -0.05) is 24.3 Å². The third-order valence-corrected chi connectivity index (χ3v) is 5.48. The number of primary amides is 1. The molecule has 1 saturated heterocycles. The summed E-state index contributed by atoms with van der Waals surface area (Å²) in [6, 6.07) is 13.6. The number of nitrogens with two attached hydrogens (primary N) is 1. The molecule has 0 bridgehead atoms. The summed E-state index contributed by atoms with van der Waals surface area (Å²) in [4.78, 5) is 48.9. The molecule has 3 N–H and O–H groups in total. The summed E-state index contributed by atoms with van der Waals surface area (Å²) in [6.45, 7) is -0.622. The van der Waals surface area contributed by atoms with Crippen molar-refractivity contribution in [3.8, 4) is 5.75 Å². The zero-order chi connectivity index (χ0) is 21.7. The van der Waals surface area contributed by atoms with Crippen LogP contribution in [0.3, 0.4) is 0 Å². The molecule has 0 saturated carbocycles. The van der Waals surface area contributed by atoms with E-state index in [9.17, 15) is 19.2 Å². The molecular formula is C20H16BrN3O5S. The Kier molecular flexibility index (Phi) is 6.91. The van der Waals surface area contributed by atoms with Gasteiger partial charge in [-0.05, 0) is 63.6 Å². The average molecular weight is 490 g/mol. The molecule has 1 fully saturated rings. The van der Waals surface area contributed by atoms with Gasteiger partial charge in [0, 0.05) is 4.47 Å². The zero-order valence-corrected chi connectivity index (χ0v) is 17.9. The molecular weight excluding hydrogens is 474 g/mol. The molecule has 0 aromatic heterocycles. The molecule has 10 heteroatoms. The fourth-order valence-corrected chi connectivity index (χ4v) is 3.72. The Hall–Kier alpha value is -3.11. The Balaban J connectivity index is 1.64. The van der Waals surface area contributed by atoms with Crippen molar-refractivity contribution >= 4 is 62.4 Å². The van der Waals surface area contributed by atoms with E-state index >= 15 is 0 Å². The summed E-state index contributed by atoms with van der Waals surface area (Å²) in [7, 11) is 0. The van der Waals surface area contributed by atoms with E-state index in [0.29, 0.717) is 21.5 Å². The molecule has 4 amide bonds. The van der Waals surface area contributed by atoms with Crippen LogP contribution >= 0.6 is 27.7 Å². The number of thioether (sulfide) groups is 1. The molecule has 2 aromatic rings. The van der Waals surface area contributed by atoms with Crippen molar-refractivity contribution in [3.05, 3.63) is 63.5 Å². The Morgan fingerprint density at radius 2 is 1.83 bits per heavy atom. The van der Waals surface area contributed by atoms with Crippen LogP contribution in [0, 0.1) is 0 Å². The van der Waals surface area contributed by atoms with Crippen molar-refractivity contribution in [2.24, 2.45) is 5.73 Å². The minimum Gasteiger partial charge on any atom is -0.484 e. The second-order valence-corrected chi connectivity index (χ2v) is 7.97. The molecule has 0 radical (unpaired) electrons. The number of nitrogens with zero attached hydrogens (tertiary/aromatic N) is 1. The fourth-order valence-electron chi connectivity index (χ4n) is 2.50. The first-order chi connectivity index (χ1) is 14.3. The van der Waals surface area contributed by atoms with Crippen LogP contribution in [0.1, 0.15) is 5.56 Å². The molecule has 2 aromatic carbocycles. The molecule has 1 aliphatic heterocycles. The van der Waals surface area contributed by atoms with Gasteiger partial charge in [0.05, 0.1) is 10.6 Å². The van der Waals surface area contributed by atoms with E-state index in [1.54, 1.807) is 54.6 Å². The van der Waals surface area contributed by atoms with Crippen molar-refractivity contribution in [2.75, 3.05) is 18.5 Å². The van der Waals surface area contributed by atoms with E-state index in [0.717, 1.165) is 16.7 Å².